The summed E-state index contributed by atoms with van der Waals surface area (Å²) in [5, 5.41) is 4.80. The third kappa shape index (κ3) is 4.55. The van der Waals surface area contributed by atoms with Gasteiger partial charge < -0.3 is 14.4 Å². The fraction of sp³-hybridized carbons (Fsp3) is 0.429. The second-order valence-electron chi connectivity index (χ2n) is 10.3. The van der Waals surface area contributed by atoms with Gasteiger partial charge in [0.25, 0.3) is 5.91 Å². The van der Waals surface area contributed by atoms with E-state index < -0.39 is 9.84 Å². The highest BCUT2D eigenvalue weighted by Gasteiger charge is 2.38. The average Bonchev–Trinajstić information content (AvgIpc) is 3.28. The second-order valence-corrected chi connectivity index (χ2v) is 12.3. The number of nitrogens with zero attached hydrogens (tertiary/aromatic N) is 4. The van der Waals surface area contributed by atoms with E-state index in [0.717, 1.165) is 44.1 Å². The molecule has 3 aliphatic rings. The van der Waals surface area contributed by atoms with Crippen molar-refractivity contribution >= 4 is 15.7 Å². The fourth-order valence-electron chi connectivity index (χ4n) is 5.50. The summed E-state index contributed by atoms with van der Waals surface area (Å²) in [5.74, 6) is -0.515. The summed E-state index contributed by atoms with van der Waals surface area (Å²) in [6.07, 6.45) is 0. The quantitative estimate of drug-likeness (QED) is 0.506. The molecular formula is C28H32N4O5S. The number of hydrogen-bond donors (Lipinski definition) is 0. The van der Waals surface area contributed by atoms with Crippen LogP contribution in [0.25, 0.3) is 16.9 Å². The van der Waals surface area contributed by atoms with Crippen LogP contribution in [0.15, 0.2) is 47.4 Å². The summed E-state index contributed by atoms with van der Waals surface area (Å²) < 4.78 is 39.5. The van der Waals surface area contributed by atoms with Crippen molar-refractivity contribution in [3.8, 4) is 16.9 Å². The summed E-state index contributed by atoms with van der Waals surface area (Å²) in [4.78, 5) is 18.1. The lowest BCUT2D eigenvalue weighted by atomic mass is 10.0. The molecule has 0 radical (unpaired) electrons. The molecule has 9 nitrogen and oxygen atoms in total. The van der Waals surface area contributed by atoms with E-state index in [-0.39, 0.29) is 28.3 Å². The number of morpholine rings is 2. The Kier molecular flexibility index (Phi) is 6.59. The first-order chi connectivity index (χ1) is 18.3. The van der Waals surface area contributed by atoms with Gasteiger partial charge in [0.15, 0.2) is 15.5 Å². The number of benzene rings is 2. The molecule has 3 aromatic rings. The van der Waals surface area contributed by atoms with E-state index >= 15 is 0 Å². The number of aromatic nitrogens is 2. The van der Waals surface area contributed by atoms with Crippen LogP contribution >= 0.6 is 0 Å². The van der Waals surface area contributed by atoms with Crippen molar-refractivity contribution in [2.45, 2.75) is 37.1 Å². The summed E-state index contributed by atoms with van der Waals surface area (Å²) in [6.45, 7) is 9.29. The third-order valence-corrected chi connectivity index (χ3v) is 9.24. The number of ether oxygens (including phenoxy) is 2. The van der Waals surface area contributed by atoms with E-state index in [0.29, 0.717) is 36.6 Å². The minimum Gasteiger partial charge on any atom is -0.379 e. The van der Waals surface area contributed by atoms with Crippen molar-refractivity contribution in [1.82, 2.24) is 19.6 Å². The molecule has 1 amide bonds. The number of carbonyl (C=O) groups is 1. The number of amides is 1. The van der Waals surface area contributed by atoms with Crippen molar-refractivity contribution in [3.63, 3.8) is 0 Å². The minimum absolute atomic E-state index is 0.119. The lowest BCUT2D eigenvalue weighted by Gasteiger charge is -2.33. The molecule has 0 aliphatic carbocycles. The van der Waals surface area contributed by atoms with Gasteiger partial charge in [-0.3, -0.25) is 9.69 Å². The molecule has 3 aliphatic heterocycles. The van der Waals surface area contributed by atoms with Gasteiger partial charge in [0.2, 0.25) is 0 Å². The molecular weight excluding hydrogens is 504 g/mol. The third-order valence-electron chi connectivity index (χ3n) is 7.57. The topological polar surface area (TPSA) is 94.0 Å². The molecule has 6 rings (SSSR count). The maximum Gasteiger partial charge on any atom is 0.275 e. The number of carbonyl (C=O) groups excluding carboxylic acids is 1. The molecule has 0 N–H and O–H groups in total. The Balaban J connectivity index is 1.45. The zero-order chi connectivity index (χ0) is 26.4. The summed E-state index contributed by atoms with van der Waals surface area (Å²) >= 11 is 0. The lowest BCUT2D eigenvalue weighted by molar-refractivity contribution is 0.00320. The minimum atomic E-state index is -3.63. The van der Waals surface area contributed by atoms with Gasteiger partial charge in [-0.25, -0.2) is 13.1 Å². The van der Waals surface area contributed by atoms with Crippen molar-refractivity contribution in [2.75, 3.05) is 46.1 Å². The first-order valence-corrected chi connectivity index (χ1v) is 14.7. The predicted molar refractivity (Wildman–Crippen MR) is 142 cm³/mol. The van der Waals surface area contributed by atoms with Gasteiger partial charge in [-0.2, -0.15) is 5.10 Å². The van der Waals surface area contributed by atoms with E-state index in [1.807, 2.05) is 38.1 Å². The molecule has 1 aromatic heterocycles. The normalized spacial score (nSPS) is 21.1. The Bertz CT molecular complexity index is 1480. The van der Waals surface area contributed by atoms with Crippen molar-refractivity contribution in [2.24, 2.45) is 0 Å². The highest BCUT2D eigenvalue weighted by molar-refractivity contribution is 7.90. The number of rotatable bonds is 4. The van der Waals surface area contributed by atoms with Crippen LogP contribution in [0, 0.1) is 6.92 Å². The molecule has 0 spiro atoms. The number of hydrogen-bond acceptors (Lipinski definition) is 7. The van der Waals surface area contributed by atoms with Gasteiger partial charge in [-0.15, -0.1) is 0 Å². The zero-order valence-corrected chi connectivity index (χ0v) is 22.5. The Labute approximate surface area is 222 Å². The van der Waals surface area contributed by atoms with Gasteiger partial charge in [0.1, 0.15) is 0 Å². The Morgan fingerprint density at radius 3 is 2.50 bits per heavy atom. The molecule has 2 saturated heterocycles. The molecule has 2 fully saturated rings. The van der Waals surface area contributed by atoms with Crippen LogP contribution in [-0.2, 0) is 31.6 Å². The molecule has 1 atom stereocenters. The van der Waals surface area contributed by atoms with Crippen LogP contribution in [0.5, 0.6) is 0 Å². The van der Waals surface area contributed by atoms with Crippen LogP contribution < -0.4 is 0 Å². The maximum atomic E-state index is 13.8. The number of aryl methyl sites for hydroxylation is 1. The second kappa shape index (κ2) is 9.92. The smallest absolute Gasteiger partial charge is 0.275 e. The predicted octanol–water partition coefficient (Wildman–Crippen LogP) is 2.83. The Morgan fingerprint density at radius 1 is 1.03 bits per heavy atom. The monoisotopic (exact) mass is 536 g/mol. The van der Waals surface area contributed by atoms with Gasteiger partial charge in [0.05, 0.1) is 54.5 Å². The van der Waals surface area contributed by atoms with Gasteiger partial charge in [-0.05, 0) is 43.2 Å². The molecule has 2 aromatic carbocycles. The van der Waals surface area contributed by atoms with Crippen LogP contribution in [0.1, 0.15) is 34.1 Å². The summed E-state index contributed by atoms with van der Waals surface area (Å²) in [7, 11) is -3.63. The van der Waals surface area contributed by atoms with Gasteiger partial charge in [0, 0.05) is 37.3 Å². The lowest BCUT2D eigenvalue weighted by Crippen LogP contribution is -2.47. The van der Waals surface area contributed by atoms with Crippen LogP contribution in [0.3, 0.4) is 0 Å². The first kappa shape index (κ1) is 25.2. The van der Waals surface area contributed by atoms with Crippen LogP contribution in [0.2, 0.25) is 0 Å². The first-order valence-electron chi connectivity index (χ1n) is 13.1. The van der Waals surface area contributed by atoms with E-state index in [1.54, 1.807) is 15.6 Å². The number of fused-ring (bicyclic) bond motifs is 3. The SMILES string of the molecule is Cc1ccc2c(c1)S(=O)(=O)Cc1c(C(=O)N3CCOC[C@@H]3C)nn(-c3ccc(CN4CCOCC4)cc3)c1-2. The molecule has 4 heterocycles. The molecule has 0 bridgehead atoms. The molecule has 38 heavy (non-hydrogen) atoms. The molecule has 0 unspecified atom stereocenters. The van der Waals surface area contributed by atoms with E-state index in [9.17, 15) is 13.2 Å². The largest absolute Gasteiger partial charge is 0.379 e. The molecule has 0 saturated carbocycles. The number of sulfone groups is 1. The van der Waals surface area contributed by atoms with E-state index in [2.05, 4.69) is 17.0 Å². The van der Waals surface area contributed by atoms with Gasteiger partial charge in [-0.1, -0.05) is 24.3 Å². The van der Waals surface area contributed by atoms with E-state index in [4.69, 9.17) is 14.6 Å². The molecule has 10 heteroatoms. The fourth-order valence-corrected chi connectivity index (χ4v) is 7.17. The maximum absolute atomic E-state index is 13.8. The van der Waals surface area contributed by atoms with Crippen LogP contribution in [-0.4, -0.2) is 86.0 Å². The average molecular weight is 537 g/mol. The van der Waals surface area contributed by atoms with Crippen molar-refractivity contribution in [3.05, 3.63) is 64.8 Å². The van der Waals surface area contributed by atoms with Crippen molar-refractivity contribution < 1.29 is 22.7 Å². The Hall–Kier alpha value is -3.05. The summed E-state index contributed by atoms with van der Waals surface area (Å²) in [6, 6.07) is 13.4. The Morgan fingerprint density at radius 2 is 1.76 bits per heavy atom. The van der Waals surface area contributed by atoms with Crippen molar-refractivity contribution in [1.29, 1.82) is 0 Å². The van der Waals surface area contributed by atoms with Gasteiger partial charge >= 0.3 is 0 Å². The highest BCUT2D eigenvalue weighted by atomic mass is 32.2. The standard InChI is InChI=1S/C28H32N4O5S/c1-19-3-8-23-25(15-19)38(34,35)18-24-26(28(33)31-11-14-37-17-20(31)2)29-32(27(23)24)22-6-4-21(5-7-22)16-30-9-12-36-13-10-30/h3-8,15,20H,9-14,16-18H2,1-2H3/t20-/m0/s1. The highest BCUT2D eigenvalue weighted by Crippen LogP contribution is 2.41. The molecule has 200 valence electrons. The van der Waals surface area contributed by atoms with Crippen LogP contribution in [0.4, 0.5) is 0 Å². The zero-order valence-electron chi connectivity index (χ0n) is 21.7. The van der Waals surface area contributed by atoms with E-state index in [1.165, 1.54) is 5.56 Å². The summed E-state index contributed by atoms with van der Waals surface area (Å²) in [5.41, 5.74) is 4.73.